The molecular weight excluding hydrogens is 359 g/mol. The molecule has 0 aliphatic rings. The number of benzene rings is 2. The van der Waals surface area contributed by atoms with E-state index < -0.39 is 0 Å². The number of aryl methyl sites for hydroxylation is 1. The van der Waals surface area contributed by atoms with Gasteiger partial charge in [-0.25, -0.2) is 4.39 Å². The van der Waals surface area contributed by atoms with Crippen molar-refractivity contribution in [2.24, 2.45) is 7.05 Å². The van der Waals surface area contributed by atoms with Crippen molar-refractivity contribution < 1.29 is 4.39 Å². The van der Waals surface area contributed by atoms with E-state index in [1.807, 2.05) is 23.7 Å². The van der Waals surface area contributed by atoms with Gasteiger partial charge >= 0.3 is 0 Å². The van der Waals surface area contributed by atoms with Crippen LogP contribution in [0.3, 0.4) is 0 Å². The summed E-state index contributed by atoms with van der Waals surface area (Å²) < 4.78 is 15.7. The van der Waals surface area contributed by atoms with Gasteiger partial charge in [-0.05, 0) is 31.2 Å². The maximum Gasteiger partial charge on any atom is 0.191 e. The third-order valence-electron chi connectivity index (χ3n) is 3.83. The summed E-state index contributed by atoms with van der Waals surface area (Å²) in [6, 6.07) is 12.9. The summed E-state index contributed by atoms with van der Waals surface area (Å²) in [5, 5.41) is 12.9. The Bertz CT molecular complexity index is 844. The first-order valence-electron chi connectivity index (χ1n) is 7.79. The van der Waals surface area contributed by atoms with Crippen molar-refractivity contribution in [3.8, 4) is 0 Å². The number of nitrogens with one attached hydrogen (secondary N) is 1. The van der Waals surface area contributed by atoms with Crippen LogP contribution in [-0.2, 0) is 19.3 Å². The number of aromatic nitrogens is 3. The lowest BCUT2D eigenvalue weighted by Gasteiger charge is -2.08. The molecule has 0 spiro atoms. The third-order valence-corrected chi connectivity index (χ3v) is 5.24. The van der Waals surface area contributed by atoms with Crippen LogP contribution in [0.2, 0.25) is 5.02 Å². The minimum Gasteiger partial charge on any atom is -0.378 e. The summed E-state index contributed by atoms with van der Waals surface area (Å²) in [5.41, 5.74) is 2.73. The van der Waals surface area contributed by atoms with E-state index in [4.69, 9.17) is 11.6 Å². The Morgan fingerprint density at radius 3 is 2.64 bits per heavy atom. The molecule has 2 aromatic carbocycles. The Kier molecular flexibility index (Phi) is 5.60. The molecule has 0 saturated carbocycles. The monoisotopic (exact) mass is 376 g/mol. The molecular formula is C18H18ClFN4S. The lowest BCUT2D eigenvalue weighted by atomic mass is 10.2. The van der Waals surface area contributed by atoms with Crippen molar-refractivity contribution in [1.82, 2.24) is 14.8 Å². The second-order valence-corrected chi connectivity index (χ2v) is 7.02. The fourth-order valence-corrected chi connectivity index (χ4v) is 3.56. The van der Waals surface area contributed by atoms with E-state index in [0.29, 0.717) is 22.9 Å². The molecule has 0 aliphatic carbocycles. The molecule has 4 nitrogen and oxygen atoms in total. The number of hydrogen-bond acceptors (Lipinski definition) is 4. The van der Waals surface area contributed by atoms with Crippen LogP contribution in [0, 0.1) is 12.7 Å². The average Bonchev–Trinajstić information content (AvgIpc) is 2.94. The van der Waals surface area contributed by atoms with E-state index in [1.54, 1.807) is 12.1 Å². The highest BCUT2D eigenvalue weighted by atomic mass is 35.5. The van der Waals surface area contributed by atoms with Gasteiger partial charge in [-0.15, -0.1) is 10.2 Å². The minimum atomic E-state index is -0.302. The molecule has 1 heterocycles. The van der Waals surface area contributed by atoms with Gasteiger partial charge in [-0.1, -0.05) is 47.1 Å². The second kappa shape index (κ2) is 7.89. The highest BCUT2D eigenvalue weighted by Crippen LogP contribution is 2.27. The van der Waals surface area contributed by atoms with Gasteiger partial charge in [0.25, 0.3) is 0 Å². The van der Waals surface area contributed by atoms with Crippen molar-refractivity contribution >= 4 is 29.1 Å². The first-order valence-corrected chi connectivity index (χ1v) is 9.15. The number of anilines is 1. The second-order valence-electron chi connectivity index (χ2n) is 5.67. The summed E-state index contributed by atoms with van der Waals surface area (Å²) in [4.78, 5) is 0. The van der Waals surface area contributed by atoms with E-state index in [-0.39, 0.29) is 5.82 Å². The summed E-state index contributed by atoms with van der Waals surface area (Å²) in [6.45, 7) is 2.62. The van der Waals surface area contributed by atoms with Crippen molar-refractivity contribution in [3.05, 3.63) is 70.3 Å². The number of nitrogens with zero attached hydrogens (tertiary/aromatic N) is 3. The molecule has 130 valence electrons. The molecule has 0 radical (unpaired) electrons. The van der Waals surface area contributed by atoms with Gasteiger partial charge < -0.3 is 9.88 Å². The van der Waals surface area contributed by atoms with E-state index in [2.05, 4.69) is 34.6 Å². The maximum absolute atomic E-state index is 13.8. The largest absolute Gasteiger partial charge is 0.378 e. The first kappa shape index (κ1) is 17.8. The quantitative estimate of drug-likeness (QED) is 0.626. The van der Waals surface area contributed by atoms with Gasteiger partial charge in [0.05, 0.1) is 6.54 Å². The maximum atomic E-state index is 13.8. The highest BCUT2D eigenvalue weighted by molar-refractivity contribution is 7.98. The van der Waals surface area contributed by atoms with Gasteiger partial charge in [-0.3, -0.25) is 0 Å². The zero-order chi connectivity index (χ0) is 17.8. The van der Waals surface area contributed by atoms with Crippen LogP contribution in [-0.4, -0.2) is 14.8 Å². The van der Waals surface area contributed by atoms with Crippen molar-refractivity contribution in [2.75, 3.05) is 5.32 Å². The Labute approximate surface area is 155 Å². The molecule has 0 aliphatic heterocycles. The average molecular weight is 377 g/mol. The standard InChI is InChI=1S/C18H18ClFN4S/c1-12-6-8-13(9-7-12)21-10-17-22-23-18(24(17)2)25-11-14-15(19)4-3-5-16(14)20/h3-9,21H,10-11H2,1-2H3. The fourth-order valence-electron chi connectivity index (χ4n) is 2.28. The fraction of sp³-hybridized carbons (Fsp3) is 0.222. The summed E-state index contributed by atoms with van der Waals surface area (Å²) in [5.74, 6) is 0.911. The van der Waals surface area contributed by atoms with Crippen LogP contribution >= 0.6 is 23.4 Å². The number of halogens is 2. The molecule has 3 aromatic rings. The normalized spacial score (nSPS) is 10.9. The zero-order valence-corrected chi connectivity index (χ0v) is 15.5. The number of hydrogen-bond donors (Lipinski definition) is 1. The van der Waals surface area contributed by atoms with Crippen molar-refractivity contribution in [1.29, 1.82) is 0 Å². The van der Waals surface area contributed by atoms with Gasteiger partial charge in [0.1, 0.15) is 5.82 Å². The van der Waals surface area contributed by atoms with Crippen molar-refractivity contribution in [2.45, 2.75) is 24.4 Å². The van der Waals surface area contributed by atoms with E-state index in [0.717, 1.165) is 16.7 Å². The first-order chi connectivity index (χ1) is 12.0. The molecule has 3 rings (SSSR count). The topological polar surface area (TPSA) is 42.7 Å². The van der Waals surface area contributed by atoms with Crippen LogP contribution in [0.5, 0.6) is 0 Å². The van der Waals surface area contributed by atoms with Crippen LogP contribution in [0.15, 0.2) is 47.6 Å². The van der Waals surface area contributed by atoms with Gasteiger partial charge in [0, 0.05) is 29.1 Å². The molecule has 1 N–H and O–H groups in total. The molecule has 0 unspecified atom stereocenters. The molecule has 0 amide bonds. The Morgan fingerprint density at radius 1 is 1.16 bits per heavy atom. The number of thioether (sulfide) groups is 1. The lowest BCUT2D eigenvalue weighted by Crippen LogP contribution is -2.06. The SMILES string of the molecule is Cc1ccc(NCc2nnc(SCc3c(F)cccc3Cl)n2C)cc1. The predicted molar refractivity (Wildman–Crippen MR) is 100 cm³/mol. The Morgan fingerprint density at radius 2 is 1.92 bits per heavy atom. The van der Waals surface area contributed by atoms with Crippen molar-refractivity contribution in [3.63, 3.8) is 0 Å². The molecule has 0 fully saturated rings. The summed E-state index contributed by atoms with van der Waals surface area (Å²) >= 11 is 7.47. The third kappa shape index (κ3) is 4.32. The van der Waals surface area contributed by atoms with Crippen LogP contribution < -0.4 is 5.32 Å². The zero-order valence-electron chi connectivity index (χ0n) is 14.0. The molecule has 1 aromatic heterocycles. The van der Waals surface area contributed by atoms with E-state index in [1.165, 1.54) is 23.4 Å². The van der Waals surface area contributed by atoms with Crippen LogP contribution in [0.25, 0.3) is 0 Å². The minimum absolute atomic E-state index is 0.302. The van der Waals surface area contributed by atoms with E-state index >= 15 is 0 Å². The molecule has 25 heavy (non-hydrogen) atoms. The molecule has 0 atom stereocenters. The van der Waals surface area contributed by atoms with Gasteiger partial charge in [0.2, 0.25) is 0 Å². The van der Waals surface area contributed by atoms with Crippen LogP contribution in [0.1, 0.15) is 17.0 Å². The molecule has 7 heteroatoms. The predicted octanol–water partition coefficient (Wildman–Crippen LogP) is 4.82. The lowest BCUT2D eigenvalue weighted by molar-refractivity contribution is 0.617. The smallest absolute Gasteiger partial charge is 0.191 e. The summed E-state index contributed by atoms with van der Waals surface area (Å²) in [6.07, 6.45) is 0. The molecule has 0 bridgehead atoms. The number of rotatable bonds is 6. The van der Waals surface area contributed by atoms with Gasteiger partial charge in [0.15, 0.2) is 11.0 Å². The highest BCUT2D eigenvalue weighted by Gasteiger charge is 2.12. The Balaban J connectivity index is 1.64. The summed E-state index contributed by atoms with van der Waals surface area (Å²) in [7, 11) is 1.90. The molecule has 0 saturated heterocycles. The van der Waals surface area contributed by atoms with Crippen LogP contribution in [0.4, 0.5) is 10.1 Å². The van der Waals surface area contributed by atoms with Gasteiger partial charge in [-0.2, -0.15) is 0 Å². The Hall–Kier alpha value is -2.05. The van der Waals surface area contributed by atoms with E-state index in [9.17, 15) is 4.39 Å².